The second-order valence-corrected chi connectivity index (χ2v) is 3.49. The first-order chi connectivity index (χ1) is 9.28. The summed E-state index contributed by atoms with van der Waals surface area (Å²) < 4.78 is 25.7. The molecule has 1 aromatic rings. The molecule has 0 aromatic heterocycles. The summed E-state index contributed by atoms with van der Waals surface area (Å²) in [7, 11) is 4.56. The average Bonchev–Trinajstić information content (AvgIpc) is 2.46. The summed E-state index contributed by atoms with van der Waals surface area (Å²) in [6, 6.07) is 3.30. The number of hydrogen-bond donors (Lipinski definition) is 0. The van der Waals surface area contributed by atoms with E-state index in [2.05, 4.69) is 0 Å². The Morgan fingerprint density at radius 2 is 1.74 bits per heavy atom. The largest absolute Gasteiger partial charge is 0.496 e. The van der Waals surface area contributed by atoms with Gasteiger partial charge in [0, 0.05) is 7.11 Å². The van der Waals surface area contributed by atoms with Crippen LogP contribution in [-0.4, -0.2) is 47.6 Å². The third-order valence-electron chi connectivity index (χ3n) is 2.40. The number of aldehydes is 1. The van der Waals surface area contributed by atoms with E-state index in [1.54, 1.807) is 19.2 Å². The minimum absolute atomic E-state index is 0.00622. The van der Waals surface area contributed by atoms with Crippen molar-refractivity contribution in [3.05, 3.63) is 17.7 Å². The van der Waals surface area contributed by atoms with Gasteiger partial charge in [-0.2, -0.15) is 0 Å². The van der Waals surface area contributed by atoms with Crippen molar-refractivity contribution in [1.29, 1.82) is 0 Å². The molecule has 0 amide bonds. The molecule has 0 unspecified atom stereocenters. The van der Waals surface area contributed by atoms with Crippen molar-refractivity contribution in [2.24, 2.45) is 0 Å². The van der Waals surface area contributed by atoms with E-state index in [1.807, 2.05) is 0 Å². The van der Waals surface area contributed by atoms with Crippen LogP contribution < -0.4 is 14.2 Å². The van der Waals surface area contributed by atoms with Crippen molar-refractivity contribution in [3.8, 4) is 17.2 Å². The SMILES string of the molecule is COCCOCOc1c(OC)ccc(OC)c1C=O. The lowest BCUT2D eigenvalue weighted by Crippen LogP contribution is -2.09. The Balaban J connectivity index is 2.80. The molecule has 0 fully saturated rings. The maximum atomic E-state index is 11.1. The highest BCUT2D eigenvalue weighted by Crippen LogP contribution is 2.36. The van der Waals surface area contributed by atoms with Gasteiger partial charge in [0.05, 0.1) is 27.4 Å². The van der Waals surface area contributed by atoms with Gasteiger partial charge >= 0.3 is 0 Å². The highest BCUT2D eigenvalue weighted by molar-refractivity contribution is 5.85. The molecule has 19 heavy (non-hydrogen) atoms. The Hall–Kier alpha value is -1.79. The molecule has 0 aliphatic carbocycles. The fourth-order valence-corrected chi connectivity index (χ4v) is 1.46. The van der Waals surface area contributed by atoms with Gasteiger partial charge in [-0.05, 0) is 12.1 Å². The molecule has 1 rings (SSSR count). The predicted octanol–water partition coefficient (Wildman–Crippen LogP) is 1.52. The quantitative estimate of drug-likeness (QED) is 0.385. The number of hydrogen-bond acceptors (Lipinski definition) is 6. The lowest BCUT2D eigenvalue weighted by atomic mass is 10.2. The second kappa shape index (κ2) is 8.34. The third-order valence-corrected chi connectivity index (χ3v) is 2.40. The van der Waals surface area contributed by atoms with E-state index in [9.17, 15) is 4.79 Å². The molecule has 6 heteroatoms. The van der Waals surface area contributed by atoms with Crippen molar-refractivity contribution in [2.75, 3.05) is 41.3 Å². The zero-order valence-electron chi connectivity index (χ0n) is 11.3. The van der Waals surface area contributed by atoms with E-state index >= 15 is 0 Å². The van der Waals surface area contributed by atoms with Crippen LogP contribution in [0.2, 0.25) is 0 Å². The molecule has 0 aliphatic heterocycles. The summed E-state index contributed by atoms with van der Waals surface area (Å²) in [5.74, 6) is 1.16. The fraction of sp³-hybridized carbons (Fsp3) is 0.462. The Morgan fingerprint density at radius 3 is 2.32 bits per heavy atom. The van der Waals surface area contributed by atoms with Crippen LogP contribution in [0.3, 0.4) is 0 Å². The number of methoxy groups -OCH3 is 3. The third kappa shape index (κ3) is 4.11. The Kier molecular flexibility index (Phi) is 6.70. The van der Waals surface area contributed by atoms with Crippen LogP contribution >= 0.6 is 0 Å². The lowest BCUT2D eigenvalue weighted by molar-refractivity contribution is -0.00973. The highest BCUT2D eigenvalue weighted by atomic mass is 16.7. The molecular formula is C13H18O6. The first-order valence-electron chi connectivity index (χ1n) is 5.68. The number of carbonyl (C=O) groups excluding carboxylic acids is 1. The second-order valence-electron chi connectivity index (χ2n) is 3.49. The summed E-state index contributed by atoms with van der Waals surface area (Å²) in [5, 5.41) is 0. The molecule has 0 saturated heterocycles. The first kappa shape index (κ1) is 15.3. The van der Waals surface area contributed by atoms with Gasteiger partial charge in [-0.15, -0.1) is 0 Å². The van der Waals surface area contributed by atoms with Crippen LogP contribution in [0.4, 0.5) is 0 Å². The van der Waals surface area contributed by atoms with Gasteiger partial charge in [0.1, 0.15) is 11.3 Å². The molecule has 6 nitrogen and oxygen atoms in total. The summed E-state index contributed by atoms with van der Waals surface area (Å²) in [6.45, 7) is 0.867. The maximum absolute atomic E-state index is 11.1. The Bertz CT molecular complexity index is 404. The van der Waals surface area contributed by atoms with Crippen LogP contribution in [0.1, 0.15) is 10.4 Å². The number of ether oxygens (including phenoxy) is 5. The molecular weight excluding hydrogens is 252 g/mol. The van der Waals surface area contributed by atoms with Crippen LogP contribution in [0.5, 0.6) is 17.2 Å². The van der Waals surface area contributed by atoms with Gasteiger partial charge in [-0.3, -0.25) is 4.79 Å². The highest BCUT2D eigenvalue weighted by Gasteiger charge is 2.15. The molecule has 0 heterocycles. The molecule has 106 valence electrons. The van der Waals surface area contributed by atoms with E-state index in [-0.39, 0.29) is 12.4 Å². The van der Waals surface area contributed by atoms with Crippen molar-refractivity contribution in [2.45, 2.75) is 0 Å². The number of benzene rings is 1. The van der Waals surface area contributed by atoms with Crippen molar-refractivity contribution in [3.63, 3.8) is 0 Å². The molecule has 0 radical (unpaired) electrons. The molecule has 0 aliphatic rings. The van der Waals surface area contributed by atoms with Crippen LogP contribution in [0, 0.1) is 0 Å². The smallest absolute Gasteiger partial charge is 0.189 e. The zero-order valence-corrected chi connectivity index (χ0v) is 11.3. The van der Waals surface area contributed by atoms with Crippen LogP contribution in [-0.2, 0) is 9.47 Å². The summed E-state index contributed by atoms with van der Waals surface area (Å²) in [4.78, 5) is 11.1. The average molecular weight is 270 g/mol. The minimum Gasteiger partial charge on any atom is -0.496 e. The maximum Gasteiger partial charge on any atom is 0.189 e. The number of carbonyl (C=O) groups is 1. The van der Waals surface area contributed by atoms with Gasteiger partial charge in [0.25, 0.3) is 0 Å². The van der Waals surface area contributed by atoms with E-state index in [0.29, 0.717) is 36.7 Å². The van der Waals surface area contributed by atoms with E-state index in [4.69, 9.17) is 23.7 Å². The van der Waals surface area contributed by atoms with Crippen molar-refractivity contribution >= 4 is 6.29 Å². The fourth-order valence-electron chi connectivity index (χ4n) is 1.46. The van der Waals surface area contributed by atoms with Crippen molar-refractivity contribution in [1.82, 2.24) is 0 Å². The van der Waals surface area contributed by atoms with E-state index in [0.717, 1.165) is 0 Å². The lowest BCUT2D eigenvalue weighted by Gasteiger charge is -2.14. The normalized spacial score (nSPS) is 10.1. The molecule has 0 spiro atoms. The summed E-state index contributed by atoms with van der Waals surface area (Å²) in [6.07, 6.45) is 0.659. The predicted molar refractivity (Wildman–Crippen MR) is 68.3 cm³/mol. The monoisotopic (exact) mass is 270 g/mol. The molecule has 0 atom stereocenters. The number of rotatable bonds is 9. The van der Waals surface area contributed by atoms with Gasteiger partial charge < -0.3 is 23.7 Å². The van der Waals surface area contributed by atoms with Gasteiger partial charge in [0.2, 0.25) is 0 Å². The van der Waals surface area contributed by atoms with Gasteiger partial charge in [-0.1, -0.05) is 0 Å². The molecule has 0 N–H and O–H groups in total. The summed E-state index contributed by atoms with van der Waals surface area (Å²) >= 11 is 0. The molecule has 0 bridgehead atoms. The Labute approximate surface area is 112 Å². The zero-order chi connectivity index (χ0) is 14.1. The summed E-state index contributed by atoms with van der Waals surface area (Å²) in [5.41, 5.74) is 0.289. The first-order valence-corrected chi connectivity index (χ1v) is 5.68. The molecule has 1 aromatic carbocycles. The van der Waals surface area contributed by atoms with E-state index < -0.39 is 0 Å². The van der Waals surface area contributed by atoms with Crippen LogP contribution in [0.25, 0.3) is 0 Å². The van der Waals surface area contributed by atoms with Crippen molar-refractivity contribution < 1.29 is 28.5 Å². The topological polar surface area (TPSA) is 63.2 Å². The molecule has 0 saturated carbocycles. The van der Waals surface area contributed by atoms with Crippen LogP contribution in [0.15, 0.2) is 12.1 Å². The van der Waals surface area contributed by atoms with Gasteiger partial charge in [0.15, 0.2) is 24.6 Å². The van der Waals surface area contributed by atoms with Gasteiger partial charge in [-0.25, -0.2) is 0 Å². The standard InChI is InChI=1S/C13H18O6/c1-15-6-7-18-9-19-13-10(8-14)11(16-2)4-5-12(13)17-3/h4-5,8H,6-7,9H2,1-3H3. The van der Waals surface area contributed by atoms with E-state index in [1.165, 1.54) is 14.2 Å². The minimum atomic E-state index is -0.00622. The Morgan fingerprint density at radius 1 is 1.05 bits per heavy atom.